The third-order valence-corrected chi connectivity index (χ3v) is 1.37. The zero-order chi connectivity index (χ0) is 9.68. The summed E-state index contributed by atoms with van der Waals surface area (Å²) in [6.45, 7) is -0.436. The third kappa shape index (κ3) is 2.37. The van der Waals surface area contributed by atoms with Gasteiger partial charge >= 0.3 is 0 Å². The number of anilines is 1. The summed E-state index contributed by atoms with van der Waals surface area (Å²) in [5, 5.41) is 11.0. The lowest BCUT2D eigenvalue weighted by atomic mass is 10.3. The van der Waals surface area contributed by atoms with E-state index in [-0.39, 0.29) is 12.2 Å². The molecule has 0 fully saturated rings. The number of hydrogen-bond donors (Lipinski definition) is 1. The van der Waals surface area contributed by atoms with Crippen LogP contribution in [-0.2, 0) is 0 Å². The van der Waals surface area contributed by atoms with Crippen molar-refractivity contribution in [2.45, 2.75) is 0 Å². The van der Waals surface area contributed by atoms with Crippen molar-refractivity contribution in [1.82, 2.24) is 4.98 Å². The lowest BCUT2D eigenvalue weighted by Gasteiger charge is -2.02. The second-order valence-corrected chi connectivity index (χ2v) is 2.28. The first kappa shape index (κ1) is 9.39. The number of rotatable bonds is 3. The van der Waals surface area contributed by atoms with Gasteiger partial charge in [0, 0.05) is 12.6 Å². The maximum atomic E-state index is 12.9. The Kier molecular flexibility index (Phi) is 3.15. The molecular formula is C8H7F2N3. The number of nitriles is 1. The summed E-state index contributed by atoms with van der Waals surface area (Å²) in [4.78, 5) is 3.53. The first-order valence-electron chi connectivity index (χ1n) is 3.63. The highest BCUT2D eigenvalue weighted by Gasteiger charge is 2.03. The van der Waals surface area contributed by atoms with Crippen LogP contribution in [0.4, 0.5) is 14.5 Å². The van der Waals surface area contributed by atoms with Gasteiger partial charge in [0.05, 0.1) is 11.9 Å². The van der Waals surface area contributed by atoms with Gasteiger partial charge in [0.25, 0.3) is 0 Å². The Morgan fingerprint density at radius 2 is 2.38 bits per heavy atom. The molecule has 0 bridgehead atoms. The van der Waals surface area contributed by atoms with Crippen LogP contribution >= 0.6 is 0 Å². The molecule has 1 aromatic rings. The van der Waals surface area contributed by atoms with Gasteiger partial charge in [-0.15, -0.1) is 0 Å². The van der Waals surface area contributed by atoms with Crippen LogP contribution in [0.5, 0.6) is 0 Å². The van der Waals surface area contributed by atoms with E-state index in [4.69, 9.17) is 5.26 Å². The normalized spacial score (nSPS) is 9.31. The standard InChI is InChI=1S/C8H7F2N3/c9-1-2-12-6-3-7(10)8(4-11)13-5-6/h3,5,12H,1-2H2. The van der Waals surface area contributed by atoms with Crippen LogP contribution in [-0.4, -0.2) is 18.2 Å². The highest BCUT2D eigenvalue weighted by atomic mass is 19.1. The van der Waals surface area contributed by atoms with Gasteiger partial charge in [-0.05, 0) is 0 Å². The quantitative estimate of drug-likeness (QED) is 0.771. The van der Waals surface area contributed by atoms with Gasteiger partial charge in [0.1, 0.15) is 12.7 Å². The largest absolute Gasteiger partial charge is 0.381 e. The lowest BCUT2D eigenvalue weighted by molar-refractivity contribution is 0.512. The minimum Gasteiger partial charge on any atom is -0.381 e. The molecule has 68 valence electrons. The van der Waals surface area contributed by atoms with E-state index < -0.39 is 12.5 Å². The maximum absolute atomic E-state index is 12.9. The molecule has 1 heterocycles. The van der Waals surface area contributed by atoms with E-state index in [2.05, 4.69) is 10.3 Å². The molecule has 0 aliphatic carbocycles. The topological polar surface area (TPSA) is 48.7 Å². The molecule has 0 amide bonds. The first-order valence-corrected chi connectivity index (χ1v) is 3.63. The van der Waals surface area contributed by atoms with Gasteiger partial charge < -0.3 is 5.32 Å². The summed E-state index contributed by atoms with van der Waals surface area (Å²) in [7, 11) is 0. The number of hydrogen-bond acceptors (Lipinski definition) is 3. The molecule has 0 aliphatic rings. The Bertz CT molecular complexity index is 333. The molecule has 0 unspecified atom stereocenters. The SMILES string of the molecule is N#Cc1ncc(NCCF)cc1F. The average Bonchev–Trinajstić information content (AvgIpc) is 2.15. The highest BCUT2D eigenvalue weighted by molar-refractivity contribution is 5.43. The molecule has 1 rings (SSSR count). The van der Waals surface area contributed by atoms with Crippen molar-refractivity contribution >= 4 is 5.69 Å². The predicted octanol–water partition coefficient (Wildman–Crippen LogP) is 1.47. The van der Waals surface area contributed by atoms with Crippen molar-refractivity contribution in [3.8, 4) is 6.07 Å². The molecule has 5 heteroatoms. The average molecular weight is 183 g/mol. The molecule has 0 aromatic carbocycles. The van der Waals surface area contributed by atoms with Crippen LogP contribution < -0.4 is 5.32 Å². The molecule has 0 spiro atoms. The van der Waals surface area contributed by atoms with Crippen molar-refractivity contribution in [3.63, 3.8) is 0 Å². The van der Waals surface area contributed by atoms with Gasteiger partial charge in [0.15, 0.2) is 11.5 Å². The predicted molar refractivity (Wildman–Crippen MR) is 43.4 cm³/mol. The van der Waals surface area contributed by atoms with Gasteiger partial charge in [0.2, 0.25) is 0 Å². The second-order valence-electron chi connectivity index (χ2n) is 2.28. The maximum Gasteiger partial charge on any atom is 0.176 e. The zero-order valence-electron chi connectivity index (χ0n) is 6.72. The number of alkyl halides is 1. The van der Waals surface area contributed by atoms with Crippen LogP contribution in [0.15, 0.2) is 12.3 Å². The Labute approximate surface area is 74.0 Å². The molecule has 0 radical (unpaired) electrons. The van der Waals surface area contributed by atoms with Crippen molar-refractivity contribution in [3.05, 3.63) is 23.8 Å². The van der Waals surface area contributed by atoms with E-state index in [9.17, 15) is 8.78 Å². The molecule has 13 heavy (non-hydrogen) atoms. The number of nitrogens with one attached hydrogen (secondary N) is 1. The van der Waals surface area contributed by atoms with Crippen LogP contribution in [0, 0.1) is 17.1 Å². The van der Waals surface area contributed by atoms with E-state index in [1.54, 1.807) is 6.07 Å². The molecule has 0 saturated heterocycles. The molecular weight excluding hydrogens is 176 g/mol. The van der Waals surface area contributed by atoms with Crippen LogP contribution in [0.25, 0.3) is 0 Å². The summed E-state index contributed by atoms with van der Waals surface area (Å²) >= 11 is 0. The highest BCUT2D eigenvalue weighted by Crippen LogP contribution is 2.10. The van der Waals surface area contributed by atoms with Gasteiger partial charge in [-0.1, -0.05) is 0 Å². The fourth-order valence-corrected chi connectivity index (χ4v) is 0.808. The van der Waals surface area contributed by atoms with Crippen molar-refractivity contribution in [2.24, 2.45) is 0 Å². The number of aromatic nitrogens is 1. The molecule has 1 aromatic heterocycles. The molecule has 1 N–H and O–H groups in total. The monoisotopic (exact) mass is 183 g/mol. The Morgan fingerprint density at radius 3 is 2.92 bits per heavy atom. The van der Waals surface area contributed by atoms with E-state index in [0.29, 0.717) is 5.69 Å². The number of nitrogens with zero attached hydrogens (tertiary/aromatic N) is 2. The first-order chi connectivity index (χ1) is 6.27. The van der Waals surface area contributed by atoms with E-state index >= 15 is 0 Å². The van der Waals surface area contributed by atoms with E-state index in [1.165, 1.54) is 6.20 Å². The van der Waals surface area contributed by atoms with E-state index in [0.717, 1.165) is 6.07 Å². The Balaban J connectivity index is 2.79. The summed E-state index contributed by atoms with van der Waals surface area (Å²) in [5.41, 5.74) is 0.111. The van der Waals surface area contributed by atoms with Crippen molar-refractivity contribution in [2.75, 3.05) is 18.5 Å². The minimum atomic E-state index is -0.702. The summed E-state index contributed by atoms with van der Waals surface area (Å²) < 4.78 is 24.6. The summed E-state index contributed by atoms with van der Waals surface area (Å²) in [6, 6.07) is 2.70. The molecule has 0 aliphatic heterocycles. The number of halogens is 2. The zero-order valence-corrected chi connectivity index (χ0v) is 6.72. The Morgan fingerprint density at radius 1 is 1.62 bits per heavy atom. The van der Waals surface area contributed by atoms with Crippen LogP contribution in [0.1, 0.15) is 5.69 Å². The van der Waals surface area contributed by atoms with Crippen molar-refractivity contribution < 1.29 is 8.78 Å². The summed E-state index contributed by atoms with van der Waals surface area (Å²) in [5.74, 6) is -0.702. The van der Waals surface area contributed by atoms with Crippen LogP contribution in [0.2, 0.25) is 0 Å². The Hall–Kier alpha value is -1.70. The number of pyridine rings is 1. The fraction of sp³-hybridized carbons (Fsp3) is 0.250. The molecule has 3 nitrogen and oxygen atoms in total. The third-order valence-electron chi connectivity index (χ3n) is 1.37. The smallest absolute Gasteiger partial charge is 0.176 e. The lowest BCUT2D eigenvalue weighted by Crippen LogP contribution is -2.04. The molecule has 0 saturated carbocycles. The van der Waals surface area contributed by atoms with Gasteiger partial charge in [-0.3, -0.25) is 0 Å². The van der Waals surface area contributed by atoms with Crippen molar-refractivity contribution in [1.29, 1.82) is 5.26 Å². The second kappa shape index (κ2) is 4.36. The fourth-order valence-electron chi connectivity index (χ4n) is 0.808. The van der Waals surface area contributed by atoms with Gasteiger partial charge in [-0.25, -0.2) is 13.8 Å². The van der Waals surface area contributed by atoms with Gasteiger partial charge in [-0.2, -0.15) is 5.26 Å². The van der Waals surface area contributed by atoms with Crippen LogP contribution in [0.3, 0.4) is 0 Å². The van der Waals surface area contributed by atoms with E-state index in [1.807, 2.05) is 0 Å². The minimum absolute atomic E-state index is 0.104. The summed E-state index contributed by atoms with van der Waals surface area (Å²) in [6.07, 6.45) is 1.29. The molecule has 0 atom stereocenters.